The van der Waals surface area contributed by atoms with Crippen molar-refractivity contribution in [1.82, 2.24) is 0 Å². The molecule has 1 saturated carbocycles. The highest BCUT2D eigenvalue weighted by atomic mass is 16.6. The fourth-order valence-electron chi connectivity index (χ4n) is 2.28. The minimum absolute atomic E-state index is 0.0139. The van der Waals surface area contributed by atoms with Crippen LogP contribution < -0.4 is 10.6 Å². The number of hydrogen-bond acceptors (Lipinski definition) is 5. The zero-order valence-corrected chi connectivity index (χ0v) is 10.9. The van der Waals surface area contributed by atoms with Crippen LogP contribution in [0.2, 0.25) is 0 Å². The fourth-order valence-corrected chi connectivity index (χ4v) is 2.28. The zero-order chi connectivity index (χ0) is 14.1. The molecule has 2 N–H and O–H groups in total. The number of nitrogens with two attached hydrogens (primary N) is 1. The summed E-state index contributed by atoms with van der Waals surface area (Å²) in [5.74, 6) is 0.856. The lowest BCUT2D eigenvalue weighted by Gasteiger charge is -2.24. The molecule has 0 atom stereocenters. The van der Waals surface area contributed by atoms with Gasteiger partial charge in [-0.05, 0) is 31.0 Å². The minimum atomic E-state index is -0.436. The van der Waals surface area contributed by atoms with Crippen LogP contribution in [0.3, 0.4) is 0 Å². The number of rotatable bonds is 5. The van der Waals surface area contributed by atoms with Crippen LogP contribution in [0, 0.1) is 10.1 Å². The van der Waals surface area contributed by atoms with Crippen molar-refractivity contribution < 1.29 is 9.34 Å². The molecule has 1 heterocycles. The fraction of sp³-hybridized carbons (Fsp3) is 0.286. The van der Waals surface area contributed by atoms with Crippen LogP contribution in [-0.4, -0.2) is 11.0 Å². The predicted molar refractivity (Wildman–Crippen MR) is 75.4 cm³/mol. The van der Waals surface area contributed by atoms with Gasteiger partial charge in [0.1, 0.15) is 5.76 Å². The van der Waals surface area contributed by atoms with Crippen molar-refractivity contribution in [1.29, 1.82) is 0 Å². The number of nitro groups is 1. The van der Waals surface area contributed by atoms with Crippen molar-refractivity contribution >= 4 is 17.1 Å². The Morgan fingerprint density at radius 3 is 2.75 bits per heavy atom. The van der Waals surface area contributed by atoms with E-state index in [0.29, 0.717) is 18.3 Å². The van der Waals surface area contributed by atoms with Crippen LogP contribution in [0.4, 0.5) is 17.1 Å². The third-order valence-electron chi connectivity index (χ3n) is 3.43. The minimum Gasteiger partial charge on any atom is -0.467 e. The number of non-ortho nitro benzene ring substituents is 1. The number of benzene rings is 1. The molecule has 1 aromatic heterocycles. The van der Waals surface area contributed by atoms with Crippen LogP contribution >= 0.6 is 0 Å². The first-order valence-electron chi connectivity index (χ1n) is 6.48. The molecule has 6 nitrogen and oxygen atoms in total. The first kappa shape index (κ1) is 12.5. The number of nitro benzene ring substituents is 1. The average Bonchev–Trinajstić information content (AvgIpc) is 3.14. The largest absolute Gasteiger partial charge is 0.467 e. The molecular formula is C14H15N3O3. The molecule has 1 aliphatic rings. The molecule has 6 heteroatoms. The lowest BCUT2D eigenvalue weighted by atomic mass is 10.2. The van der Waals surface area contributed by atoms with Gasteiger partial charge in [-0.3, -0.25) is 10.1 Å². The third-order valence-corrected chi connectivity index (χ3v) is 3.43. The van der Waals surface area contributed by atoms with Gasteiger partial charge in [0.25, 0.3) is 5.69 Å². The topological polar surface area (TPSA) is 85.5 Å². The van der Waals surface area contributed by atoms with Crippen LogP contribution in [0.5, 0.6) is 0 Å². The van der Waals surface area contributed by atoms with E-state index in [9.17, 15) is 10.1 Å². The standard InChI is InChI=1S/C14H15N3O3/c15-13-8-11(17(18)19)5-6-14(13)16(10-3-4-10)9-12-2-1-7-20-12/h1-2,5-8,10H,3-4,9,15H2. The monoisotopic (exact) mass is 273 g/mol. The van der Waals surface area contributed by atoms with Crippen molar-refractivity contribution in [2.75, 3.05) is 10.6 Å². The molecule has 1 fully saturated rings. The van der Waals surface area contributed by atoms with E-state index >= 15 is 0 Å². The van der Waals surface area contributed by atoms with Gasteiger partial charge in [0.15, 0.2) is 0 Å². The first-order valence-corrected chi connectivity index (χ1v) is 6.48. The van der Waals surface area contributed by atoms with Gasteiger partial charge in [0.05, 0.1) is 29.1 Å². The second-order valence-corrected chi connectivity index (χ2v) is 4.94. The number of hydrogen-bond donors (Lipinski definition) is 1. The molecule has 0 radical (unpaired) electrons. The molecule has 0 aliphatic heterocycles. The Kier molecular flexibility index (Phi) is 3.06. The molecule has 0 spiro atoms. The Balaban J connectivity index is 1.89. The second-order valence-electron chi connectivity index (χ2n) is 4.94. The van der Waals surface area contributed by atoms with E-state index in [0.717, 1.165) is 24.3 Å². The molecule has 1 aliphatic carbocycles. The van der Waals surface area contributed by atoms with Gasteiger partial charge >= 0.3 is 0 Å². The lowest BCUT2D eigenvalue weighted by Crippen LogP contribution is -2.25. The maximum absolute atomic E-state index is 10.8. The summed E-state index contributed by atoms with van der Waals surface area (Å²) in [6.07, 6.45) is 3.86. The lowest BCUT2D eigenvalue weighted by molar-refractivity contribution is -0.384. The first-order chi connectivity index (χ1) is 9.65. The highest BCUT2D eigenvalue weighted by molar-refractivity contribution is 5.71. The second kappa shape index (κ2) is 4.88. The maximum atomic E-state index is 10.8. The van der Waals surface area contributed by atoms with E-state index in [-0.39, 0.29) is 5.69 Å². The zero-order valence-electron chi connectivity index (χ0n) is 10.9. The average molecular weight is 273 g/mol. The molecule has 0 bridgehead atoms. The molecular weight excluding hydrogens is 258 g/mol. The van der Waals surface area contributed by atoms with Crippen molar-refractivity contribution in [3.63, 3.8) is 0 Å². The van der Waals surface area contributed by atoms with E-state index in [1.54, 1.807) is 12.3 Å². The Morgan fingerprint density at radius 2 is 2.20 bits per heavy atom. The van der Waals surface area contributed by atoms with Gasteiger partial charge in [-0.1, -0.05) is 0 Å². The predicted octanol–water partition coefficient (Wildman–Crippen LogP) is 2.94. The van der Waals surface area contributed by atoms with Gasteiger partial charge in [-0.2, -0.15) is 0 Å². The van der Waals surface area contributed by atoms with Gasteiger partial charge in [-0.15, -0.1) is 0 Å². The SMILES string of the molecule is Nc1cc([N+](=O)[O-])ccc1N(Cc1ccco1)C1CC1. The molecule has 2 aromatic rings. The molecule has 0 amide bonds. The van der Waals surface area contributed by atoms with Crippen LogP contribution in [0.15, 0.2) is 41.0 Å². The summed E-state index contributed by atoms with van der Waals surface area (Å²) in [7, 11) is 0. The Bertz CT molecular complexity index is 621. The van der Waals surface area contributed by atoms with Crippen molar-refractivity contribution in [2.45, 2.75) is 25.4 Å². The van der Waals surface area contributed by atoms with Crippen LogP contribution in [-0.2, 0) is 6.54 Å². The van der Waals surface area contributed by atoms with Gasteiger partial charge in [0.2, 0.25) is 0 Å². The molecule has 3 rings (SSSR count). The Morgan fingerprint density at radius 1 is 1.40 bits per heavy atom. The number of furan rings is 1. The summed E-state index contributed by atoms with van der Waals surface area (Å²) < 4.78 is 5.37. The Hall–Kier alpha value is -2.50. The Labute approximate surface area is 115 Å². The van der Waals surface area contributed by atoms with E-state index in [4.69, 9.17) is 10.2 Å². The van der Waals surface area contributed by atoms with Crippen molar-refractivity contribution in [3.8, 4) is 0 Å². The van der Waals surface area contributed by atoms with E-state index in [1.165, 1.54) is 12.1 Å². The summed E-state index contributed by atoms with van der Waals surface area (Å²) >= 11 is 0. The quantitative estimate of drug-likeness (QED) is 0.514. The maximum Gasteiger partial charge on any atom is 0.271 e. The summed E-state index contributed by atoms with van der Waals surface area (Å²) in [5, 5.41) is 10.8. The van der Waals surface area contributed by atoms with Crippen molar-refractivity contribution in [3.05, 3.63) is 52.5 Å². The normalized spacial score (nSPS) is 14.2. The third kappa shape index (κ3) is 2.45. The van der Waals surface area contributed by atoms with Gasteiger partial charge < -0.3 is 15.1 Å². The number of nitrogen functional groups attached to an aromatic ring is 1. The molecule has 0 saturated heterocycles. The van der Waals surface area contributed by atoms with E-state index < -0.39 is 4.92 Å². The van der Waals surface area contributed by atoms with Gasteiger partial charge in [0, 0.05) is 18.2 Å². The highest BCUT2D eigenvalue weighted by Crippen LogP contribution is 2.37. The smallest absolute Gasteiger partial charge is 0.271 e. The van der Waals surface area contributed by atoms with Crippen LogP contribution in [0.25, 0.3) is 0 Å². The molecule has 20 heavy (non-hydrogen) atoms. The summed E-state index contributed by atoms with van der Waals surface area (Å²) in [6, 6.07) is 8.81. The number of nitrogens with zero attached hydrogens (tertiary/aromatic N) is 2. The number of anilines is 2. The molecule has 0 unspecified atom stereocenters. The summed E-state index contributed by atoms with van der Waals surface area (Å²) in [4.78, 5) is 12.5. The summed E-state index contributed by atoms with van der Waals surface area (Å²) in [5.41, 5.74) is 7.25. The molecule has 104 valence electrons. The van der Waals surface area contributed by atoms with E-state index in [2.05, 4.69) is 4.90 Å². The van der Waals surface area contributed by atoms with Crippen LogP contribution in [0.1, 0.15) is 18.6 Å². The highest BCUT2D eigenvalue weighted by Gasteiger charge is 2.31. The van der Waals surface area contributed by atoms with E-state index in [1.807, 2.05) is 12.1 Å². The summed E-state index contributed by atoms with van der Waals surface area (Å²) in [6.45, 7) is 0.625. The van der Waals surface area contributed by atoms with Crippen molar-refractivity contribution in [2.24, 2.45) is 0 Å². The molecule has 1 aromatic carbocycles. The van der Waals surface area contributed by atoms with Gasteiger partial charge in [-0.25, -0.2) is 0 Å².